The zero-order valence-electron chi connectivity index (χ0n) is 33.0. The molecule has 0 aliphatic heterocycles. The van der Waals surface area contributed by atoms with Gasteiger partial charge < -0.3 is 48.1 Å². The van der Waals surface area contributed by atoms with Crippen LogP contribution in [0.5, 0.6) is 11.5 Å². The van der Waals surface area contributed by atoms with Gasteiger partial charge in [-0.2, -0.15) is 0 Å². The third kappa shape index (κ3) is 24.1. The van der Waals surface area contributed by atoms with E-state index in [1.165, 1.54) is 0 Å². The minimum absolute atomic E-state index is 0.0151. The zero-order chi connectivity index (χ0) is 37.8. The van der Waals surface area contributed by atoms with Gasteiger partial charge in [0.25, 0.3) is 0 Å². The molecule has 0 spiro atoms. The van der Waals surface area contributed by atoms with E-state index < -0.39 is 12.2 Å². The normalized spacial score (nSPS) is 15.2. The maximum atomic E-state index is 9.29. The summed E-state index contributed by atoms with van der Waals surface area (Å²) < 4.78 is 46.0. The van der Waals surface area contributed by atoms with Gasteiger partial charge in [-0.05, 0) is 115 Å². The molecule has 0 bridgehead atoms. The molecular formula is C42H70O10. The highest BCUT2D eigenvalue weighted by molar-refractivity contribution is 5.64. The molecule has 0 radical (unpaired) electrons. The van der Waals surface area contributed by atoms with Crippen LogP contribution in [0.1, 0.15) is 92.9 Å². The van der Waals surface area contributed by atoms with Crippen molar-refractivity contribution < 1.29 is 48.1 Å². The molecule has 6 unspecified atom stereocenters. The lowest BCUT2D eigenvalue weighted by molar-refractivity contribution is -0.0701. The van der Waals surface area contributed by atoms with Crippen molar-refractivity contribution in [3.63, 3.8) is 0 Å². The molecule has 0 saturated carbocycles. The van der Waals surface area contributed by atoms with E-state index in [0.29, 0.717) is 52.9 Å². The summed E-state index contributed by atoms with van der Waals surface area (Å²) in [4.78, 5) is 0. The lowest BCUT2D eigenvalue weighted by atomic mass is 10.1. The molecule has 6 atom stereocenters. The predicted molar refractivity (Wildman–Crippen MR) is 206 cm³/mol. The van der Waals surface area contributed by atoms with Crippen molar-refractivity contribution in [3.05, 3.63) is 48.5 Å². The Morgan fingerprint density at radius 3 is 1.04 bits per heavy atom. The van der Waals surface area contributed by atoms with Gasteiger partial charge in [0.05, 0.1) is 89.5 Å². The quantitative estimate of drug-likeness (QED) is 0.0710. The first-order chi connectivity index (χ1) is 25.1. The van der Waals surface area contributed by atoms with E-state index >= 15 is 0 Å². The second-order valence-electron chi connectivity index (χ2n) is 14.0. The van der Waals surface area contributed by atoms with Gasteiger partial charge in [-0.15, -0.1) is 0 Å². The molecule has 10 heteroatoms. The van der Waals surface area contributed by atoms with Gasteiger partial charge in [0, 0.05) is 13.2 Å². The van der Waals surface area contributed by atoms with Crippen LogP contribution in [-0.2, 0) is 28.4 Å². The minimum Gasteiger partial charge on any atom is -0.494 e. The van der Waals surface area contributed by atoms with Crippen LogP contribution >= 0.6 is 0 Å². The standard InChI is InChI=1S/C42H70O10/c1-33(43)27-49-37(5)31-51-35(3)29-45-23-11-7-9-13-25-47-41-19-15-39(16-20-41)40-17-21-42(22-18-40)48-26-14-10-8-12-24-46-30-36(4)52-32-38(6)50-28-34(2)44/h15-22,33-38,43-44H,7-14,23-32H2,1-6H3. The summed E-state index contributed by atoms with van der Waals surface area (Å²) in [6, 6.07) is 16.6. The Hall–Kier alpha value is -2.28. The summed E-state index contributed by atoms with van der Waals surface area (Å²) in [5.41, 5.74) is 2.30. The van der Waals surface area contributed by atoms with Gasteiger partial charge in [-0.1, -0.05) is 37.1 Å². The van der Waals surface area contributed by atoms with Crippen LogP contribution < -0.4 is 9.47 Å². The molecule has 2 N–H and O–H groups in total. The van der Waals surface area contributed by atoms with Crippen molar-refractivity contribution in [2.24, 2.45) is 0 Å². The lowest BCUT2D eigenvalue weighted by Gasteiger charge is -2.18. The number of hydrogen-bond donors (Lipinski definition) is 2. The molecular weight excluding hydrogens is 664 g/mol. The molecule has 0 aliphatic carbocycles. The largest absolute Gasteiger partial charge is 0.494 e. The highest BCUT2D eigenvalue weighted by atomic mass is 16.6. The van der Waals surface area contributed by atoms with Crippen LogP contribution in [0, 0.1) is 0 Å². The Labute approximate surface area is 314 Å². The van der Waals surface area contributed by atoms with Gasteiger partial charge in [0.2, 0.25) is 0 Å². The summed E-state index contributed by atoms with van der Waals surface area (Å²) in [6.07, 6.45) is 7.52. The third-order valence-electron chi connectivity index (χ3n) is 8.13. The van der Waals surface area contributed by atoms with Crippen molar-refractivity contribution in [2.45, 2.75) is 130 Å². The number of unbranched alkanes of at least 4 members (excludes halogenated alkanes) is 6. The molecule has 10 nitrogen and oxygen atoms in total. The van der Waals surface area contributed by atoms with Gasteiger partial charge in [0.1, 0.15) is 11.5 Å². The molecule has 0 aliphatic rings. The Morgan fingerprint density at radius 2 is 0.692 bits per heavy atom. The summed E-state index contributed by atoms with van der Waals surface area (Å²) in [6.45, 7) is 17.0. The van der Waals surface area contributed by atoms with Crippen LogP contribution in [0.2, 0.25) is 0 Å². The first kappa shape index (κ1) is 45.9. The fourth-order valence-corrected chi connectivity index (χ4v) is 5.08. The van der Waals surface area contributed by atoms with E-state index in [-0.39, 0.29) is 24.4 Å². The number of aliphatic hydroxyl groups excluding tert-OH is 2. The Morgan fingerprint density at radius 1 is 0.385 bits per heavy atom. The molecule has 52 heavy (non-hydrogen) atoms. The second-order valence-corrected chi connectivity index (χ2v) is 14.0. The molecule has 0 saturated heterocycles. The van der Waals surface area contributed by atoms with Crippen molar-refractivity contribution >= 4 is 0 Å². The highest BCUT2D eigenvalue weighted by Gasteiger charge is 2.10. The molecule has 2 aromatic rings. The van der Waals surface area contributed by atoms with Gasteiger partial charge in [0.15, 0.2) is 0 Å². The van der Waals surface area contributed by atoms with Crippen LogP contribution in [0.4, 0.5) is 0 Å². The fourth-order valence-electron chi connectivity index (χ4n) is 5.08. The molecule has 0 amide bonds. The van der Waals surface area contributed by atoms with Crippen LogP contribution in [0.25, 0.3) is 11.1 Å². The topological polar surface area (TPSA) is 114 Å². The molecule has 2 aromatic carbocycles. The van der Waals surface area contributed by atoms with E-state index in [1.807, 2.05) is 52.0 Å². The number of hydrogen-bond acceptors (Lipinski definition) is 10. The minimum atomic E-state index is -0.462. The number of benzene rings is 2. The fraction of sp³-hybridized carbons (Fsp3) is 0.714. The highest BCUT2D eigenvalue weighted by Crippen LogP contribution is 2.25. The van der Waals surface area contributed by atoms with E-state index in [4.69, 9.17) is 37.9 Å². The first-order valence-electron chi connectivity index (χ1n) is 19.6. The number of aliphatic hydroxyl groups is 2. The van der Waals surface area contributed by atoms with Gasteiger partial charge in [-0.3, -0.25) is 0 Å². The molecule has 0 fully saturated rings. The lowest BCUT2D eigenvalue weighted by Crippen LogP contribution is -2.25. The average Bonchev–Trinajstić information content (AvgIpc) is 3.13. The van der Waals surface area contributed by atoms with Gasteiger partial charge >= 0.3 is 0 Å². The third-order valence-corrected chi connectivity index (χ3v) is 8.13. The Bertz CT molecular complexity index is 1010. The Kier molecular flexibility index (Phi) is 25.7. The number of ether oxygens (including phenoxy) is 8. The van der Waals surface area contributed by atoms with E-state index in [1.54, 1.807) is 13.8 Å². The van der Waals surface area contributed by atoms with Crippen molar-refractivity contribution in [1.82, 2.24) is 0 Å². The van der Waals surface area contributed by atoms with Crippen molar-refractivity contribution in [2.75, 3.05) is 66.1 Å². The summed E-state index contributed by atoms with van der Waals surface area (Å²) in [5, 5.41) is 18.6. The Balaban J connectivity index is 1.45. The van der Waals surface area contributed by atoms with E-state index in [2.05, 4.69) is 24.3 Å². The smallest absolute Gasteiger partial charge is 0.119 e. The molecule has 0 aromatic heterocycles. The molecule has 298 valence electrons. The van der Waals surface area contributed by atoms with Gasteiger partial charge in [-0.25, -0.2) is 0 Å². The van der Waals surface area contributed by atoms with E-state index in [0.717, 1.165) is 87.2 Å². The van der Waals surface area contributed by atoms with Crippen LogP contribution in [-0.4, -0.2) is 113 Å². The maximum absolute atomic E-state index is 9.29. The van der Waals surface area contributed by atoms with Crippen molar-refractivity contribution in [1.29, 1.82) is 0 Å². The average molecular weight is 735 g/mol. The predicted octanol–water partition coefficient (Wildman–Crippen LogP) is 7.65. The van der Waals surface area contributed by atoms with E-state index in [9.17, 15) is 10.2 Å². The summed E-state index contributed by atoms with van der Waals surface area (Å²) in [7, 11) is 0. The monoisotopic (exact) mass is 734 g/mol. The SMILES string of the molecule is CC(O)COC(C)COC(C)COCCCCCCOc1ccc(-c2ccc(OCCCCCCOCC(C)OCC(C)OCC(C)O)cc2)cc1. The summed E-state index contributed by atoms with van der Waals surface area (Å²) >= 11 is 0. The second kappa shape index (κ2) is 29.1. The summed E-state index contributed by atoms with van der Waals surface area (Å²) in [5.74, 6) is 1.78. The van der Waals surface area contributed by atoms with Crippen LogP contribution in [0.15, 0.2) is 48.5 Å². The first-order valence-corrected chi connectivity index (χ1v) is 19.6. The zero-order valence-corrected chi connectivity index (χ0v) is 33.0. The maximum Gasteiger partial charge on any atom is 0.119 e. The van der Waals surface area contributed by atoms with Crippen LogP contribution in [0.3, 0.4) is 0 Å². The molecule has 0 heterocycles. The number of rotatable bonds is 33. The van der Waals surface area contributed by atoms with Crippen molar-refractivity contribution in [3.8, 4) is 22.6 Å². The molecule has 2 rings (SSSR count).